The number of rotatable bonds is 5. The van der Waals surface area contributed by atoms with Gasteiger partial charge in [-0.2, -0.15) is 0 Å². The summed E-state index contributed by atoms with van der Waals surface area (Å²) in [7, 11) is 1.32. The van der Waals surface area contributed by atoms with Crippen LogP contribution in [0.5, 0.6) is 0 Å². The van der Waals surface area contributed by atoms with Gasteiger partial charge in [0.2, 0.25) is 0 Å². The van der Waals surface area contributed by atoms with E-state index in [1.165, 1.54) is 7.11 Å². The summed E-state index contributed by atoms with van der Waals surface area (Å²) < 4.78 is 11.7. The molecule has 98 valence electrons. The molecule has 0 saturated carbocycles. The van der Waals surface area contributed by atoms with E-state index < -0.39 is 5.97 Å². The molecule has 1 aromatic rings. The number of aryl methyl sites for hydroxylation is 1. The van der Waals surface area contributed by atoms with Crippen molar-refractivity contribution in [3.8, 4) is 0 Å². The van der Waals surface area contributed by atoms with Crippen molar-refractivity contribution in [2.24, 2.45) is 0 Å². The third-order valence-corrected chi connectivity index (χ3v) is 3.07. The number of ether oxygens (including phenoxy) is 2. The molecule has 1 saturated heterocycles. The van der Waals surface area contributed by atoms with Crippen LogP contribution in [0.2, 0.25) is 0 Å². The molecule has 6 nitrogen and oxygen atoms in total. The van der Waals surface area contributed by atoms with Gasteiger partial charge in [0, 0.05) is 6.61 Å². The lowest BCUT2D eigenvalue weighted by Crippen LogP contribution is -2.33. The zero-order valence-corrected chi connectivity index (χ0v) is 10.5. The molecule has 0 amide bonds. The SMILES string of the molecule is CCc1nc(C=O)n(CC2CCO2)c1C(=O)OC. The molecule has 0 radical (unpaired) electrons. The van der Waals surface area contributed by atoms with Gasteiger partial charge in [-0.05, 0) is 12.8 Å². The molecule has 1 aliphatic rings. The lowest BCUT2D eigenvalue weighted by molar-refractivity contribution is -0.0596. The fourth-order valence-electron chi connectivity index (χ4n) is 2.00. The monoisotopic (exact) mass is 252 g/mol. The average molecular weight is 252 g/mol. The number of methoxy groups -OCH3 is 1. The van der Waals surface area contributed by atoms with Gasteiger partial charge in [0.15, 0.2) is 17.8 Å². The van der Waals surface area contributed by atoms with E-state index in [1.54, 1.807) is 4.57 Å². The van der Waals surface area contributed by atoms with Crippen LogP contribution in [0.4, 0.5) is 0 Å². The zero-order valence-electron chi connectivity index (χ0n) is 10.5. The van der Waals surface area contributed by atoms with Crippen LogP contribution >= 0.6 is 0 Å². The van der Waals surface area contributed by atoms with Gasteiger partial charge in [0.25, 0.3) is 0 Å². The van der Waals surface area contributed by atoms with Gasteiger partial charge in [0.05, 0.1) is 25.5 Å². The molecule has 0 bridgehead atoms. The maximum absolute atomic E-state index is 11.8. The maximum Gasteiger partial charge on any atom is 0.356 e. The van der Waals surface area contributed by atoms with Crippen LogP contribution in [0.3, 0.4) is 0 Å². The molecule has 0 N–H and O–H groups in total. The highest BCUT2D eigenvalue weighted by molar-refractivity contribution is 5.90. The molecule has 2 rings (SSSR count). The molecule has 0 aromatic carbocycles. The summed E-state index contributed by atoms with van der Waals surface area (Å²) in [6.07, 6.45) is 2.21. The quantitative estimate of drug-likeness (QED) is 0.573. The van der Waals surface area contributed by atoms with Crippen LogP contribution in [-0.2, 0) is 22.4 Å². The minimum Gasteiger partial charge on any atom is -0.464 e. The van der Waals surface area contributed by atoms with E-state index in [-0.39, 0.29) is 11.9 Å². The lowest BCUT2D eigenvalue weighted by atomic mass is 10.2. The van der Waals surface area contributed by atoms with E-state index in [9.17, 15) is 9.59 Å². The summed E-state index contributed by atoms with van der Waals surface area (Å²) in [6, 6.07) is 0. The second-order valence-corrected chi connectivity index (χ2v) is 4.12. The van der Waals surface area contributed by atoms with Gasteiger partial charge in [-0.15, -0.1) is 0 Å². The number of hydrogen-bond acceptors (Lipinski definition) is 5. The van der Waals surface area contributed by atoms with Crippen molar-refractivity contribution in [1.29, 1.82) is 0 Å². The van der Waals surface area contributed by atoms with Crippen LogP contribution < -0.4 is 0 Å². The third-order valence-electron chi connectivity index (χ3n) is 3.07. The Hall–Kier alpha value is -1.69. The molecule has 1 aromatic heterocycles. The van der Waals surface area contributed by atoms with Crippen molar-refractivity contribution < 1.29 is 19.1 Å². The second-order valence-electron chi connectivity index (χ2n) is 4.12. The van der Waals surface area contributed by atoms with Crippen LogP contribution in [0.1, 0.15) is 40.1 Å². The summed E-state index contributed by atoms with van der Waals surface area (Å²) in [5.74, 6) is -0.213. The molecule has 18 heavy (non-hydrogen) atoms. The van der Waals surface area contributed by atoms with Crippen molar-refractivity contribution in [3.63, 3.8) is 0 Å². The Morgan fingerprint density at radius 2 is 2.39 bits per heavy atom. The van der Waals surface area contributed by atoms with Gasteiger partial charge in [-0.3, -0.25) is 4.79 Å². The van der Waals surface area contributed by atoms with Crippen LogP contribution in [-0.4, -0.2) is 41.6 Å². The van der Waals surface area contributed by atoms with Crippen molar-refractivity contribution in [3.05, 3.63) is 17.2 Å². The number of nitrogens with zero attached hydrogens (tertiary/aromatic N) is 2. The Morgan fingerprint density at radius 1 is 1.67 bits per heavy atom. The Labute approximate surface area is 105 Å². The molecule has 1 unspecified atom stereocenters. The Balaban J connectivity index is 2.40. The average Bonchev–Trinajstić information content (AvgIpc) is 2.70. The number of carbonyl (C=O) groups is 2. The topological polar surface area (TPSA) is 70.4 Å². The summed E-state index contributed by atoms with van der Waals surface area (Å²) in [5.41, 5.74) is 0.945. The predicted molar refractivity (Wildman–Crippen MR) is 62.7 cm³/mol. The molecule has 6 heteroatoms. The first-order chi connectivity index (χ1) is 8.71. The Bertz CT molecular complexity index is 463. The summed E-state index contributed by atoms with van der Waals surface area (Å²) in [5, 5.41) is 0. The smallest absolute Gasteiger partial charge is 0.356 e. The first-order valence-corrected chi connectivity index (χ1v) is 5.95. The zero-order chi connectivity index (χ0) is 13.1. The van der Waals surface area contributed by atoms with Crippen LogP contribution in [0.15, 0.2) is 0 Å². The summed E-state index contributed by atoms with van der Waals surface area (Å²) in [4.78, 5) is 27.0. The number of aldehydes is 1. The normalized spacial score (nSPS) is 18.2. The van der Waals surface area contributed by atoms with E-state index >= 15 is 0 Å². The van der Waals surface area contributed by atoms with Gasteiger partial charge in [0.1, 0.15) is 0 Å². The Kier molecular flexibility index (Phi) is 3.76. The molecule has 0 aliphatic carbocycles. The largest absolute Gasteiger partial charge is 0.464 e. The molecule has 2 heterocycles. The molecular formula is C12H16N2O4. The molecule has 1 fully saturated rings. The summed E-state index contributed by atoms with van der Waals surface area (Å²) >= 11 is 0. The predicted octanol–water partition coefficient (Wildman–Crippen LogP) is 0.833. The molecular weight excluding hydrogens is 236 g/mol. The number of carbonyl (C=O) groups excluding carboxylic acids is 2. The van der Waals surface area contributed by atoms with Gasteiger partial charge in [-0.25, -0.2) is 9.78 Å². The minimum atomic E-state index is -0.466. The van der Waals surface area contributed by atoms with E-state index in [0.717, 1.165) is 13.0 Å². The molecule has 0 spiro atoms. The highest BCUT2D eigenvalue weighted by Gasteiger charge is 2.27. The van der Waals surface area contributed by atoms with E-state index in [1.807, 2.05) is 6.92 Å². The molecule has 1 aliphatic heterocycles. The number of imidazole rings is 1. The van der Waals surface area contributed by atoms with Crippen molar-refractivity contribution in [1.82, 2.24) is 9.55 Å². The first kappa shape index (κ1) is 12.8. The number of esters is 1. The molecule has 1 atom stereocenters. The second kappa shape index (κ2) is 5.30. The highest BCUT2D eigenvalue weighted by Crippen LogP contribution is 2.19. The summed E-state index contributed by atoms with van der Waals surface area (Å²) in [6.45, 7) is 3.07. The minimum absolute atomic E-state index is 0.0472. The van der Waals surface area contributed by atoms with Crippen LogP contribution in [0.25, 0.3) is 0 Å². The van der Waals surface area contributed by atoms with E-state index in [2.05, 4.69) is 4.98 Å². The van der Waals surface area contributed by atoms with Gasteiger partial charge in [-0.1, -0.05) is 6.92 Å². The fourth-order valence-corrected chi connectivity index (χ4v) is 2.00. The van der Waals surface area contributed by atoms with Gasteiger partial charge < -0.3 is 14.0 Å². The van der Waals surface area contributed by atoms with Gasteiger partial charge >= 0.3 is 5.97 Å². The van der Waals surface area contributed by atoms with E-state index in [4.69, 9.17) is 9.47 Å². The number of hydrogen-bond donors (Lipinski definition) is 0. The Morgan fingerprint density at radius 3 is 2.83 bits per heavy atom. The van der Waals surface area contributed by atoms with Crippen molar-refractivity contribution in [2.45, 2.75) is 32.4 Å². The first-order valence-electron chi connectivity index (χ1n) is 5.95. The maximum atomic E-state index is 11.8. The fraction of sp³-hybridized carbons (Fsp3) is 0.583. The van der Waals surface area contributed by atoms with Crippen molar-refractivity contribution in [2.75, 3.05) is 13.7 Å². The standard InChI is InChI=1S/C12H16N2O4/c1-3-9-11(12(16)17-2)14(10(7-15)13-9)6-8-4-5-18-8/h7-8H,3-6H2,1-2H3. The highest BCUT2D eigenvalue weighted by atomic mass is 16.5. The third kappa shape index (κ3) is 2.15. The van der Waals surface area contributed by atoms with Crippen LogP contribution in [0, 0.1) is 0 Å². The lowest BCUT2D eigenvalue weighted by Gasteiger charge is -2.27. The van der Waals surface area contributed by atoms with Crippen molar-refractivity contribution >= 4 is 12.3 Å². The number of aromatic nitrogens is 2. The van der Waals surface area contributed by atoms with E-state index in [0.29, 0.717) is 30.6 Å².